The minimum absolute atomic E-state index is 0.595. The molecule has 2 fully saturated rings. The van der Waals surface area contributed by atoms with E-state index in [-0.39, 0.29) is 0 Å². The van der Waals surface area contributed by atoms with E-state index in [0.717, 1.165) is 6.04 Å². The summed E-state index contributed by atoms with van der Waals surface area (Å²) in [7, 11) is 0. The fraction of sp³-hybridized carbons (Fsp3) is 1.00. The highest BCUT2D eigenvalue weighted by Gasteiger charge is 2.27. The van der Waals surface area contributed by atoms with Gasteiger partial charge in [0.2, 0.25) is 0 Å². The first-order valence-electron chi connectivity index (χ1n) is 7.23. The minimum atomic E-state index is 0.595. The van der Waals surface area contributed by atoms with Gasteiger partial charge in [-0.15, -0.1) is 0 Å². The van der Waals surface area contributed by atoms with Crippen molar-refractivity contribution in [2.75, 3.05) is 19.6 Å². The van der Waals surface area contributed by atoms with Crippen molar-refractivity contribution in [1.29, 1.82) is 0 Å². The Balaban J connectivity index is 1.72. The molecule has 0 amide bonds. The third-order valence-electron chi connectivity index (χ3n) is 4.45. The standard InChI is InChI=1S/C14H28N2/c1-14(8-3-2-4-9-14)12-16-13-6-5-10-15-11-7-13/h13,15-16H,2-12H2,1H3. The first kappa shape index (κ1) is 12.4. The summed E-state index contributed by atoms with van der Waals surface area (Å²) in [6, 6.07) is 0.772. The Bertz CT molecular complexity index is 189. The average molecular weight is 224 g/mol. The van der Waals surface area contributed by atoms with Crippen LogP contribution in [-0.2, 0) is 0 Å². The van der Waals surface area contributed by atoms with Gasteiger partial charge in [0.05, 0.1) is 0 Å². The van der Waals surface area contributed by atoms with Crippen molar-refractivity contribution in [3.8, 4) is 0 Å². The van der Waals surface area contributed by atoms with Crippen molar-refractivity contribution in [2.45, 2.75) is 64.3 Å². The van der Waals surface area contributed by atoms with Gasteiger partial charge in [0, 0.05) is 12.6 Å². The lowest BCUT2D eigenvalue weighted by molar-refractivity contribution is 0.198. The Kier molecular flexibility index (Phi) is 4.66. The molecule has 2 N–H and O–H groups in total. The van der Waals surface area contributed by atoms with Gasteiger partial charge in [-0.25, -0.2) is 0 Å². The smallest absolute Gasteiger partial charge is 0.00798 e. The van der Waals surface area contributed by atoms with E-state index < -0.39 is 0 Å². The van der Waals surface area contributed by atoms with Gasteiger partial charge in [0.15, 0.2) is 0 Å². The fourth-order valence-electron chi connectivity index (χ4n) is 3.20. The quantitative estimate of drug-likeness (QED) is 0.770. The highest BCUT2D eigenvalue weighted by Crippen LogP contribution is 2.35. The van der Waals surface area contributed by atoms with Gasteiger partial charge in [-0.2, -0.15) is 0 Å². The molecule has 1 saturated carbocycles. The maximum absolute atomic E-state index is 3.83. The molecule has 2 aliphatic rings. The molecule has 1 atom stereocenters. The van der Waals surface area contributed by atoms with Gasteiger partial charge in [0.1, 0.15) is 0 Å². The van der Waals surface area contributed by atoms with Crippen LogP contribution in [0, 0.1) is 5.41 Å². The molecule has 0 aromatic rings. The van der Waals surface area contributed by atoms with Crippen LogP contribution < -0.4 is 10.6 Å². The molecule has 1 heterocycles. The van der Waals surface area contributed by atoms with Gasteiger partial charge in [-0.3, -0.25) is 0 Å². The summed E-state index contributed by atoms with van der Waals surface area (Å²) in [5.41, 5.74) is 0.595. The first-order valence-corrected chi connectivity index (χ1v) is 7.23. The molecular formula is C14H28N2. The molecule has 0 aromatic carbocycles. The van der Waals surface area contributed by atoms with Crippen molar-refractivity contribution in [3.05, 3.63) is 0 Å². The number of nitrogens with one attached hydrogen (secondary N) is 2. The Labute approximate surface area is 101 Å². The topological polar surface area (TPSA) is 24.1 Å². The van der Waals surface area contributed by atoms with Crippen LogP contribution in [0.2, 0.25) is 0 Å². The zero-order valence-corrected chi connectivity index (χ0v) is 10.9. The van der Waals surface area contributed by atoms with E-state index in [9.17, 15) is 0 Å². The molecule has 1 unspecified atom stereocenters. The molecule has 16 heavy (non-hydrogen) atoms. The Morgan fingerprint density at radius 3 is 2.69 bits per heavy atom. The van der Waals surface area contributed by atoms with Gasteiger partial charge in [0.25, 0.3) is 0 Å². The predicted octanol–water partition coefficient (Wildman–Crippen LogP) is 2.69. The van der Waals surface area contributed by atoms with E-state index in [1.807, 2.05) is 0 Å². The Morgan fingerprint density at radius 1 is 1.06 bits per heavy atom. The molecule has 0 aromatic heterocycles. The maximum Gasteiger partial charge on any atom is 0.00798 e. The largest absolute Gasteiger partial charge is 0.317 e. The van der Waals surface area contributed by atoms with Crippen LogP contribution in [0.15, 0.2) is 0 Å². The summed E-state index contributed by atoms with van der Waals surface area (Å²) in [6.07, 6.45) is 11.3. The zero-order chi connectivity index (χ0) is 11.3. The molecule has 2 rings (SSSR count). The van der Waals surface area contributed by atoms with Crippen molar-refractivity contribution < 1.29 is 0 Å². The maximum atomic E-state index is 3.83. The van der Waals surface area contributed by atoms with Gasteiger partial charge in [-0.05, 0) is 50.6 Å². The second-order valence-electron chi connectivity index (χ2n) is 6.13. The summed E-state index contributed by atoms with van der Waals surface area (Å²) in [5.74, 6) is 0. The Morgan fingerprint density at radius 2 is 1.88 bits per heavy atom. The lowest BCUT2D eigenvalue weighted by Crippen LogP contribution is -2.39. The third kappa shape index (κ3) is 3.74. The SMILES string of the molecule is CC1(CNC2CCCNCC2)CCCCC1. The third-order valence-corrected chi connectivity index (χ3v) is 4.45. The molecule has 1 saturated heterocycles. The summed E-state index contributed by atoms with van der Waals surface area (Å²) >= 11 is 0. The second kappa shape index (κ2) is 6.02. The molecule has 2 heteroatoms. The van der Waals surface area contributed by atoms with Crippen LogP contribution in [0.25, 0.3) is 0 Å². The number of hydrogen-bond donors (Lipinski definition) is 2. The van der Waals surface area contributed by atoms with E-state index >= 15 is 0 Å². The van der Waals surface area contributed by atoms with E-state index in [1.165, 1.54) is 71.0 Å². The van der Waals surface area contributed by atoms with Crippen LogP contribution in [-0.4, -0.2) is 25.7 Å². The highest BCUT2D eigenvalue weighted by atomic mass is 14.9. The molecule has 0 bridgehead atoms. The average Bonchev–Trinajstić information content (AvgIpc) is 2.56. The van der Waals surface area contributed by atoms with E-state index in [1.54, 1.807) is 0 Å². The van der Waals surface area contributed by atoms with Crippen LogP contribution in [0.5, 0.6) is 0 Å². The molecule has 1 aliphatic carbocycles. The summed E-state index contributed by atoms with van der Waals surface area (Å²) in [5, 5.41) is 7.32. The van der Waals surface area contributed by atoms with E-state index in [4.69, 9.17) is 0 Å². The minimum Gasteiger partial charge on any atom is -0.317 e. The monoisotopic (exact) mass is 224 g/mol. The summed E-state index contributed by atoms with van der Waals surface area (Å²) in [4.78, 5) is 0. The van der Waals surface area contributed by atoms with Crippen molar-refractivity contribution >= 4 is 0 Å². The lowest BCUT2D eigenvalue weighted by Gasteiger charge is -2.35. The van der Waals surface area contributed by atoms with E-state index in [2.05, 4.69) is 17.6 Å². The highest BCUT2D eigenvalue weighted by molar-refractivity contribution is 4.83. The van der Waals surface area contributed by atoms with Crippen LogP contribution >= 0.6 is 0 Å². The molecule has 1 aliphatic heterocycles. The number of hydrogen-bond acceptors (Lipinski definition) is 2. The second-order valence-corrected chi connectivity index (χ2v) is 6.13. The molecule has 0 radical (unpaired) electrons. The van der Waals surface area contributed by atoms with Crippen LogP contribution in [0.1, 0.15) is 58.3 Å². The number of rotatable bonds is 3. The van der Waals surface area contributed by atoms with Crippen LogP contribution in [0.4, 0.5) is 0 Å². The van der Waals surface area contributed by atoms with Crippen molar-refractivity contribution in [1.82, 2.24) is 10.6 Å². The lowest BCUT2D eigenvalue weighted by atomic mass is 9.75. The Hall–Kier alpha value is -0.0800. The predicted molar refractivity (Wildman–Crippen MR) is 69.7 cm³/mol. The summed E-state index contributed by atoms with van der Waals surface area (Å²) < 4.78 is 0. The first-order chi connectivity index (χ1) is 7.79. The molecule has 94 valence electrons. The zero-order valence-electron chi connectivity index (χ0n) is 10.9. The molecular weight excluding hydrogens is 196 g/mol. The van der Waals surface area contributed by atoms with E-state index in [0.29, 0.717) is 5.41 Å². The molecule has 2 nitrogen and oxygen atoms in total. The van der Waals surface area contributed by atoms with Gasteiger partial charge >= 0.3 is 0 Å². The van der Waals surface area contributed by atoms with Gasteiger partial charge in [-0.1, -0.05) is 26.2 Å². The molecule has 0 spiro atoms. The normalized spacial score (nSPS) is 30.9. The fourth-order valence-corrected chi connectivity index (χ4v) is 3.20. The van der Waals surface area contributed by atoms with Crippen molar-refractivity contribution in [2.24, 2.45) is 5.41 Å². The van der Waals surface area contributed by atoms with Crippen molar-refractivity contribution in [3.63, 3.8) is 0 Å². The van der Waals surface area contributed by atoms with Crippen LogP contribution in [0.3, 0.4) is 0 Å². The summed E-state index contributed by atoms with van der Waals surface area (Å²) in [6.45, 7) is 6.15. The van der Waals surface area contributed by atoms with Gasteiger partial charge < -0.3 is 10.6 Å².